The van der Waals surface area contributed by atoms with Crippen LogP contribution < -0.4 is 10.6 Å². The molecule has 0 rings (SSSR count). The summed E-state index contributed by atoms with van der Waals surface area (Å²) in [4.78, 5) is 22.9. The molecule has 0 aliphatic carbocycles. The molecule has 0 bridgehead atoms. The summed E-state index contributed by atoms with van der Waals surface area (Å²) >= 11 is 0. The van der Waals surface area contributed by atoms with E-state index in [2.05, 4.69) is 10.6 Å². The Bertz CT molecular complexity index is 348. The van der Waals surface area contributed by atoms with Crippen LogP contribution in [0.25, 0.3) is 0 Å². The van der Waals surface area contributed by atoms with Crippen LogP contribution in [0.1, 0.15) is 48.0 Å². The normalized spacial score (nSPS) is 13.6. The van der Waals surface area contributed by atoms with Gasteiger partial charge in [0.2, 0.25) is 0 Å². The fourth-order valence-electron chi connectivity index (χ4n) is 2.00. The van der Waals surface area contributed by atoms with Gasteiger partial charge in [0.1, 0.15) is 0 Å². The van der Waals surface area contributed by atoms with Gasteiger partial charge in [-0.25, -0.2) is 4.79 Å². The summed E-state index contributed by atoms with van der Waals surface area (Å²) in [6.45, 7) is 12.7. The number of rotatable bonds is 8. The SMILES string of the molecule is CCOC(C)(C)CNC(=O)NCC(CC(C)(C)C)C(=O)O. The van der Waals surface area contributed by atoms with E-state index < -0.39 is 17.5 Å². The van der Waals surface area contributed by atoms with Crippen LogP contribution in [0.3, 0.4) is 0 Å². The van der Waals surface area contributed by atoms with Crippen LogP contribution >= 0.6 is 0 Å². The Labute approximate surface area is 127 Å². The lowest BCUT2D eigenvalue weighted by atomic mass is 9.84. The first-order valence-electron chi connectivity index (χ1n) is 7.35. The van der Waals surface area contributed by atoms with Crippen molar-refractivity contribution in [2.24, 2.45) is 11.3 Å². The maximum absolute atomic E-state index is 11.7. The monoisotopic (exact) mass is 302 g/mol. The second kappa shape index (κ2) is 8.22. The van der Waals surface area contributed by atoms with Gasteiger partial charge in [0, 0.05) is 19.7 Å². The third-order valence-electron chi connectivity index (χ3n) is 2.93. The fourth-order valence-corrected chi connectivity index (χ4v) is 2.00. The van der Waals surface area contributed by atoms with E-state index in [-0.39, 0.29) is 18.0 Å². The summed E-state index contributed by atoms with van der Waals surface area (Å²) in [5.41, 5.74) is -0.540. The molecule has 0 aliphatic heterocycles. The number of carbonyl (C=O) groups is 2. The summed E-state index contributed by atoms with van der Waals surface area (Å²) in [7, 11) is 0. The fraction of sp³-hybridized carbons (Fsp3) is 0.867. The van der Waals surface area contributed by atoms with Crippen molar-refractivity contribution in [2.75, 3.05) is 19.7 Å². The first kappa shape index (κ1) is 19.7. The lowest BCUT2D eigenvalue weighted by Crippen LogP contribution is -2.46. The first-order chi connectivity index (χ1) is 9.47. The average Bonchev–Trinajstić information content (AvgIpc) is 2.30. The Morgan fingerprint density at radius 1 is 1.14 bits per heavy atom. The zero-order valence-corrected chi connectivity index (χ0v) is 14.1. The van der Waals surface area contributed by atoms with Gasteiger partial charge in [0.05, 0.1) is 11.5 Å². The molecule has 3 N–H and O–H groups in total. The summed E-state index contributed by atoms with van der Waals surface area (Å²) in [5, 5.41) is 14.5. The molecule has 0 aliphatic rings. The van der Waals surface area contributed by atoms with Gasteiger partial charge in [0.15, 0.2) is 0 Å². The Balaban J connectivity index is 4.23. The van der Waals surface area contributed by atoms with Crippen molar-refractivity contribution in [1.29, 1.82) is 0 Å². The lowest BCUT2D eigenvalue weighted by Gasteiger charge is -2.26. The minimum Gasteiger partial charge on any atom is -0.481 e. The standard InChI is InChI=1S/C15H30N2O4/c1-7-21-15(5,6)10-17-13(20)16-9-11(12(18)19)8-14(2,3)4/h11H,7-10H2,1-6H3,(H,18,19)(H2,16,17,20). The summed E-state index contributed by atoms with van der Waals surface area (Å²) < 4.78 is 5.47. The molecular weight excluding hydrogens is 272 g/mol. The molecular formula is C15H30N2O4. The van der Waals surface area contributed by atoms with Crippen molar-refractivity contribution in [3.05, 3.63) is 0 Å². The van der Waals surface area contributed by atoms with Crippen LogP contribution in [0.2, 0.25) is 0 Å². The molecule has 0 aromatic heterocycles. The van der Waals surface area contributed by atoms with Gasteiger partial charge in [-0.3, -0.25) is 4.79 Å². The smallest absolute Gasteiger partial charge is 0.314 e. The van der Waals surface area contributed by atoms with Gasteiger partial charge in [-0.2, -0.15) is 0 Å². The number of carboxylic acid groups (broad SMARTS) is 1. The van der Waals surface area contributed by atoms with E-state index in [9.17, 15) is 14.7 Å². The number of carboxylic acids is 1. The van der Waals surface area contributed by atoms with E-state index >= 15 is 0 Å². The molecule has 1 atom stereocenters. The van der Waals surface area contributed by atoms with E-state index in [1.807, 2.05) is 41.5 Å². The Morgan fingerprint density at radius 3 is 2.14 bits per heavy atom. The number of ether oxygens (including phenoxy) is 1. The van der Waals surface area contributed by atoms with Gasteiger partial charge >= 0.3 is 12.0 Å². The lowest BCUT2D eigenvalue weighted by molar-refractivity contribution is -0.142. The average molecular weight is 302 g/mol. The largest absolute Gasteiger partial charge is 0.481 e. The topological polar surface area (TPSA) is 87.7 Å². The first-order valence-corrected chi connectivity index (χ1v) is 7.35. The maximum atomic E-state index is 11.7. The predicted octanol–water partition coefficient (Wildman–Crippen LogP) is 2.24. The molecule has 21 heavy (non-hydrogen) atoms. The molecule has 0 radical (unpaired) electrons. The third-order valence-corrected chi connectivity index (χ3v) is 2.93. The van der Waals surface area contributed by atoms with Gasteiger partial charge < -0.3 is 20.5 Å². The number of aliphatic carboxylic acids is 1. The molecule has 0 heterocycles. The number of nitrogens with one attached hydrogen (secondary N) is 2. The van der Waals surface area contributed by atoms with E-state index in [0.717, 1.165) is 0 Å². The summed E-state index contributed by atoms with van der Waals surface area (Å²) in [6.07, 6.45) is 0.507. The molecule has 124 valence electrons. The summed E-state index contributed by atoms with van der Waals surface area (Å²) in [5.74, 6) is -1.48. The van der Waals surface area contributed by atoms with Gasteiger partial charge in [-0.15, -0.1) is 0 Å². The van der Waals surface area contributed by atoms with Crippen molar-refractivity contribution >= 4 is 12.0 Å². The molecule has 0 fully saturated rings. The molecule has 6 nitrogen and oxygen atoms in total. The van der Waals surface area contributed by atoms with Crippen molar-refractivity contribution in [2.45, 2.75) is 53.6 Å². The highest BCUT2D eigenvalue weighted by molar-refractivity contribution is 5.75. The number of carbonyl (C=O) groups excluding carboxylic acids is 1. The zero-order valence-electron chi connectivity index (χ0n) is 14.1. The van der Waals surface area contributed by atoms with Crippen LogP contribution in [-0.2, 0) is 9.53 Å². The number of hydrogen-bond donors (Lipinski definition) is 3. The van der Waals surface area contributed by atoms with Crippen LogP contribution in [-0.4, -0.2) is 42.4 Å². The highest BCUT2D eigenvalue weighted by Gasteiger charge is 2.25. The Morgan fingerprint density at radius 2 is 1.71 bits per heavy atom. The van der Waals surface area contributed by atoms with Crippen LogP contribution in [0, 0.1) is 11.3 Å². The zero-order chi connectivity index (χ0) is 16.7. The van der Waals surface area contributed by atoms with E-state index in [1.54, 1.807) is 0 Å². The van der Waals surface area contributed by atoms with E-state index in [1.165, 1.54) is 0 Å². The van der Waals surface area contributed by atoms with E-state index in [4.69, 9.17) is 4.74 Å². The maximum Gasteiger partial charge on any atom is 0.314 e. The third kappa shape index (κ3) is 10.1. The molecule has 6 heteroatoms. The van der Waals surface area contributed by atoms with Gasteiger partial charge in [-0.05, 0) is 32.6 Å². The van der Waals surface area contributed by atoms with Crippen LogP contribution in [0.15, 0.2) is 0 Å². The molecule has 2 amide bonds. The number of urea groups is 1. The van der Waals surface area contributed by atoms with Crippen LogP contribution in [0.4, 0.5) is 4.79 Å². The van der Waals surface area contributed by atoms with Crippen molar-refractivity contribution < 1.29 is 19.4 Å². The minimum atomic E-state index is -0.889. The van der Waals surface area contributed by atoms with Crippen LogP contribution in [0.5, 0.6) is 0 Å². The second-order valence-electron chi connectivity index (χ2n) is 7.06. The molecule has 0 aromatic carbocycles. The van der Waals surface area contributed by atoms with E-state index in [0.29, 0.717) is 19.6 Å². The molecule has 1 unspecified atom stereocenters. The second-order valence-corrected chi connectivity index (χ2v) is 7.06. The summed E-state index contributed by atoms with van der Waals surface area (Å²) in [6, 6.07) is -0.372. The Hall–Kier alpha value is -1.30. The Kier molecular flexibility index (Phi) is 7.71. The molecule has 0 aromatic rings. The van der Waals surface area contributed by atoms with Crippen molar-refractivity contribution in [1.82, 2.24) is 10.6 Å². The molecule has 0 spiro atoms. The van der Waals surface area contributed by atoms with Crippen molar-refractivity contribution in [3.8, 4) is 0 Å². The quantitative estimate of drug-likeness (QED) is 0.641. The molecule has 0 saturated heterocycles. The highest BCUT2D eigenvalue weighted by Crippen LogP contribution is 2.24. The molecule has 0 saturated carbocycles. The van der Waals surface area contributed by atoms with Gasteiger partial charge in [0.25, 0.3) is 0 Å². The van der Waals surface area contributed by atoms with Gasteiger partial charge in [-0.1, -0.05) is 20.8 Å². The predicted molar refractivity (Wildman–Crippen MR) is 82.3 cm³/mol. The minimum absolute atomic E-state index is 0.0990. The number of hydrogen-bond acceptors (Lipinski definition) is 3. The highest BCUT2D eigenvalue weighted by atomic mass is 16.5. The number of amides is 2. The van der Waals surface area contributed by atoms with Crippen molar-refractivity contribution in [3.63, 3.8) is 0 Å².